The fourth-order valence-corrected chi connectivity index (χ4v) is 2.15. The normalized spacial score (nSPS) is 10.6. The first-order chi connectivity index (χ1) is 11.7. The molecule has 2 aromatic heterocycles. The van der Waals surface area contributed by atoms with E-state index >= 15 is 0 Å². The number of methoxy groups -OCH3 is 1. The molecule has 124 valence electrons. The van der Waals surface area contributed by atoms with Crippen LogP contribution in [0.1, 0.15) is 21.9 Å². The van der Waals surface area contributed by atoms with E-state index in [9.17, 15) is 4.79 Å². The average molecular weight is 327 g/mol. The summed E-state index contributed by atoms with van der Waals surface area (Å²) in [7, 11) is 1.62. The number of aromatic nitrogens is 2. The summed E-state index contributed by atoms with van der Waals surface area (Å²) >= 11 is 0. The predicted octanol–water partition coefficient (Wildman–Crippen LogP) is 2.62. The summed E-state index contributed by atoms with van der Waals surface area (Å²) in [5, 5.41) is 6.44. The minimum atomic E-state index is -0.297. The molecule has 0 bridgehead atoms. The SMILES string of the molecule is COc1ccc(-c2nc(CCNC(=O)c3cc(C)no3)co2)cc1. The van der Waals surface area contributed by atoms with Crippen molar-refractivity contribution in [3.05, 3.63) is 53.7 Å². The van der Waals surface area contributed by atoms with Gasteiger partial charge in [0.2, 0.25) is 11.7 Å². The van der Waals surface area contributed by atoms with Gasteiger partial charge in [0.15, 0.2) is 0 Å². The lowest BCUT2D eigenvalue weighted by molar-refractivity contribution is 0.0917. The van der Waals surface area contributed by atoms with Gasteiger partial charge in [0.1, 0.15) is 12.0 Å². The van der Waals surface area contributed by atoms with Crippen LogP contribution >= 0.6 is 0 Å². The fourth-order valence-electron chi connectivity index (χ4n) is 2.15. The standard InChI is InChI=1S/C17H17N3O4/c1-11-9-15(24-20-11)16(21)18-8-7-13-10-23-17(19-13)12-3-5-14(22-2)6-4-12/h3-6,9-10H,7-8H2,1-2H3,(H,18,21). The van der Waals surface area contributed by atoms with Crippen LogP contribution in [0.5, 0.6) is 5.75 Å². The zero-order chi connectivity index (χ0) is 16.9. The van der Waals surface area contributed by atoms with Gasteiger partial charge in [0.05, 0.1) is 18.5 Å². The number of benzene rings is 1. The van der Waals surface area contributed by atoms with Crippen molar-refractivity contribution in [2.24, 2.45) is 0 Å². The van der Waals surface area contributed by atoms with Gasteiger partial charge >= 0.3 is 0 Å². The van der Waals surface area contributed by atoms with E-state index in [0.29, 0.717) is 24.6 Å². The van der Waals surface area contributed by atoms with Crippen molar-refractivity contribution >= 4 is 5.91 Å². The van der Waals surface area contributed by atoms with E-state index in [4.69, 9.17) is 13.7 Å². The fraction of sp³-hybridized carbons (Fsp3) is 0.235. The molecule has 0 saturated carbocycles. The van der Waals surface area contributed by atoms with Crippen LogP contribution in [0.3, 0.4) is 0 Å². The Morgan fingerprint density at radius 3 is 2.75 bits per heavy atom. The largest absolute Gasteiger partial charge is 0.497 e. The van der Waals surface area contributed by atoms with Crippen molar-refractivity contribution in [3.63, 3.8) is 0 Å². The molecule has 0 fully saturated rings. The third-order valence-corrected chi connectivity index (χ3v) is 3.41. The third kappa shape index (κ3) is 3.62. The van der Waals surface area contributed by atoms with Crippen molar-refractivity contribution in [3.8, 4) is 17.2 Å². The van der Waals surface area contributed by atoms with Crippen molar-refractivity contribution in [1.82, 2.24) is 15.5 Å². The summed E-state index contributed by atoms with van der Waals surface area (Å²) in [4.78, 5) is 16.2. The van der Waals surface area contributed by atoms with Gasteiger partial charge in [-0.15, -0.1) is 0 Å². The van der Waals surface area contributed by atoms with Crippen LogP contribution in [0, 0.1) is 6.92 Å². The monoisotopic (exact) mass is 327 g/mol. The number of nitrogens with one attached hydrogen (secondary N) is 1. The number of rotatable bonds is 6. The summed E-state index contributed by atoms with van der Waals surface area (Å²) in [6, 6.07) is 9.04. The molecule has 1 amide bonds. The molecule has 1 N–H and O–H groups in total. The quantitative estimate of drug-likeness (QED) is 0.748. The predicted molar refractivity (Wildman–Crippen MR) is 85.8 cm³/mol. The molecule has 0 aliphatic heterocycles. The first kappa shape index (κ1) is 15.8. The second-order valence-electron chi connectivity index (χ2n) is 5.21. The number of carbonyl (C=O) groups excluding carboxylic acids is 1. The Kier molecular flexibility index (Phi) is 4.60. The molecule has 7 heteroatoms. The van der Waals surface area contributed by atoms with E-state index in [1.807, 2.05) is 24.3 Å². The Morgan fingerprint density at radius 1 is 1.29 bits per heavy atom. The van der Waals surface area contributed by atoms with Gasteiger partial charge in [-0.05, 0) is 31.2 Å². The van der Waals surface area contributed by atoms with Crippen LogP contribution in [0.4, 0.5) is 0 Å². The number of nitrogens with zero attached hydrogens (tertiary/aromatic N) is 2. The highest BCUT2D eigenvalue weighted by molar-refractivity contribution is 5.91. The Labute approximate surface area is 138 Å². The van der Waals surface area contributed by atoms with Crippen molar-refractivity contribution < 1.29 is 18.5 Å². The molecule has 0 saturated heterocycles. The molecule has 7 nitrogen and oxygen atoms in total. The molecule has 0 aliphatic rings. The maximum atomic E-state index is 11.8. The number of aryl methyl sites for hydroxylation is 1. The van der Waals surface area contributed by atoms with E-state index in [1.165, 1.54) is 0 Å². The Balaban J connectivity index is 1.55. The zero-order valence-corrected chi connectivity index (χ0v) is 13.4. The topological polar surface area (TPSA) is 90.4 Å². The second kappa shape index (κ2) is 6.99. The van der Waals surface area contributed by atoms with E-state index in [1.54, 1.807) is 26.4 Å². The first-order valence-electron chi connectivity index (χ1n) is 7.46. The number of ether oxygens (including phenoxy) is 1. The number of carbonyl (C=O) groups is 1. The Morgan fingerprint density at radius 2 is 2.08 bits per heavy atom. The number of oxazole rings is 1. The van der Waals surface area contributed by atoms with Crippen molar-refractivity contribution in [2.75, 3.05) is 13.7 Å². The van der Waals surface area contributed by atoms with Gasteiger partial charge in [-0.25, -0.2) is 4.98 Å². The maximum absolute atomic E-state index is 11.8. The van der Waals surface area contributed by atoms with Gasteiger partial charge < -0.3 is 19.0 Å². The molecule has 0 radical (unpaired) electrons. The number of hydrogen-bond acceptors (Lipinski definition) is 6. The van der Waals surface area contributed by atoms with Crippen molar-refractivity contribution in [2.45, 2.75) is 13.3 Å². The Bertz CT molecular complexity index is 820. The maximum Gasteiger partial charge on any atom is 0.289 e. The minimum Gasteiger partial charge on any atom is -0.497 e. The van der Waals surface area contributed by atoms with E-state index in [-0.39, 0.29) is 11.7 Å². The highest BCUT2D eigenvalue weighted by Gasteiger charge is 2.12. The lowest BCUT2D eigenvalue weighted by Gasteiger charge is -2.00. The highest BCUT2D eigenvalue weighted by atomic mass is 16.5. The average Bonchev–Trinajstić information content (AvgIpc) is 3.24. The lowest BCUT2D eigenvalue weighted by atomic mass is 10.2. The van der Waals surface area contributed by atoms with Gasteiger partial charge in [0.25, 0.3) is 5.91 Å². The molecule has 3 rings (SSSR count). The van der Waals surface area contributed by atoms with Gasteiger partial charge in [-0.2, -0.15) is 0 Å². The summed E-state index contributed by atoms with van der Waals surface area (Å²) in [6.07, 6.45) is 2.14. The van der Waals surface area contributed by atoms with E-state index in [0.717, 1.165) is 17.0 Å². The van der Waals surface area contributed by atoms with Gasteiger partial charge in [-0.1, -0.05) is 5.16 Å². The molecular weight excluding hydrogens is 310 g/mol. The number of amides is 1. The molecule has 0 aliphatic carbocycles. The van der Waals surface area contributed by atoms with Crippen LogP contribution in [0.2, 0.25) is 0 Å². The summed E-state index contributed by atoms with van der Waals surface area (Å²) < 4.78 is 15.5. The summed E-state index contributed by atoms with van der Waals surface area (Å²) in [6.45, 7) is 2.18. The molecule has 3 aromatic rings. The van der Waals surface area contributed by atoms with Crippen LogP contribution in [0.15, 0.2) is 45.5 Å². The molecule has 0 spiro atoms. The third-order valence-electron chi connectivity index (χ3n) is 3.41. The molecule has 2 heterocycles. The van der Waals surface area contributed by atoms with Crippen LogP contribution in [-0.2, 0) is 6.42 Å². The summed E-state index contributed by atoms with van der Waals surface area (Å²) in [5.74, 6) is 1.21. The van der Waals surface area contributed by atoms with Crippen LogP contribution < -0.4 is 10.1 Å². The van der Waals surface area contributed by atoms with Crippen LogP contribution in [-0.4, -0.2) is 29.7 Å². The summed E-state index contributed by atoms with van der Waals surface area (Å²) in [5.41, 5.74) is 2.29. The smallest absolute Gasteiger partial charge is 0.289 e. The van der Waals surface area contributed by atoms with Crippen molar-refractivity contribution in [1.29, 1.82) is 0 Å². The second-order valence-corrected chi connectivity index (χ2v) is 5.21. The van der Waals surface area contributed by atoms with Crippen LogP contribution in [0.25, 0.3) is 11.5 Å². The number of hydrogen-bond donors (Lipinski definition) is 1. The first-order valence-corrected chi connectivity index (χ1v) is 7.46. The van der Waals surface area contributed by atoms with E-state index in [2.05, 4.69) is 15.5 Å². The lowest BCUT2D eigenvalue weighted by Crippen LogP contribution is -2.25. The molecule has 24 heavy (non-hydrogen) atoms. The highest BCUT2D eigenvalue weighted by Crippen LogP contribution is 2.21. The molecule has 0 atom stereocenters. The van der Waals surface area contributed by atoms with Gasteiger partial charge in [-0.3, -0.25) is 4.79 Å². The molecule has 1 aromatic carbocycles. The molecular formula is C17H17N3O4. The van der Waals surface area contributed by atoms with Gasteiger partial charge in [0, 0.05) is 24.6 Å². The zero-order valence-electron chi connectivity index (χ0n) is 13.4. The minimum absolute atomic E-state index is 0.201. The molecule has 0 unspecified atom stereocenters. The van der Waals surface area contributed by atoms with E-state index < -0.39 is 0 Å². The Hall–Kier alpha value is -3.09.